The summed E-state index contributed by atoms with van der Waals surface area (Å²) in [5.74, 6) is -0.1000. The highest BCUT2D eigenvalue weighted by molar-refractivity contribution is 5.78. The van der Waals surface area contributed by atoms with E-state index in [0.29, 0.717) is 25.6 Å². The molecule has 1 aliphatic rings. The van der Waals surface area contributed by atoms with Crippen molar-refractivity contribution in [2.75, 3.05) is 51.1 Å². The van der Waals surface area contributed by atoms with Gasteiger partial charge in [-0.3, -0.25) is 24.7 Å². The largest absolute Gasteiger partial charge is 0.416 e. The van der Waals surface area contributed by atoms with E-state index in [1.165, 1.54) is 5.56 Å². The second kappa shape index (κ2) is 11.8. The summed E-state index contributed by atoms with van der Waals surface area (Å²) in [4.78, 5) is 26.9. The molecular formula is C23H28F3N5O3. The van der Waals surface area contributed by atoms with Gasteiger partial charge in [-0.2, -0.15) is 13.2 Å². The van der Waals surface area contributed by atoms with Crippen molar-refractivity contribution in [2.45, 2.75) is 19.1 Å². The van der Waals surface area contributed by atoms with Gasteiger partial charge >= 0.3 is 6.18 Å². The average molecular weight is 480 g/mol. The molecule has 8 nitrogen and oxygen atoms in total. The van der Waals surface area contributed by atoms with Crippen LogP contribution in [-0.2, 0) is 17.5 Å². The summed E-state index contributed by atoms with van der Waals surface area (Å²) in [6, 6.07) is 12.6. The number of anilines is 1. The first-order chi connectivity index (χ1) is 16.2. The Morgan fingerprint density at radius 3 is 2.32 bits per heavy atom. The van der Waals surface area contributed by atoms with Gasteiger partial charge in [0.05, 0.1) is 17.0 Å². The number of hydrogen-bond donors (Lipinski definition) is 2. The maximum Gasteiger partial charge on any atom is 0.416 e. The Morgan fingerprint density at radius 1 is 1.00 bits per heavy atom. The number of amides is 1. The van der Waals surface area contributed by atoms with E-state index in [2.05, 4.69) is 32.6 Å². The second-order valence-electron chi connectivity index (χ2n) is 8.15. The van der Waals surface area contributed by atoms with Crippen molar-refractivity contribution >= 4 is 17.3 Å². The number of halogens is 3. The Morgan fingerprint density at radius 2 is 1.68 bits per heavy atom. The van der Waals surface area contributed by atoms with Crippen molar-refractivity contribution in [2.24, 2.45) is 0 Å². The molecule has 0 atom stereocenters. The number of nitro benzene ring substituents is 1. The first kappa shape index (κ1) is 25.4. The standard InChI is InChI=1S/C23H28F3N5O3/c24-23(25,26)19-7-8-20(21(15-19)31(33)34)27-9-4-10-28-22(32)17-30-13-11-29(12-14-30)16-18-5-2-1-3-6-18/h1-3,5-8,15,27H,4,9-14,16-17H2,(H,28,32). The number of piperazine rings is 1. The lowest BCUT2D eigenvalue weighted by atomic mass is 10.1. The molecule has 0 spiro atoms. The van der Waals surface area contributed by atoms with Gasteiger partial charge in [-0.15, -0.1) is 0 Å². The third-order valence-electron chi connectivity index (χ3n) is 5.59. The lowest BCUT2D eigenvalue weighted by Gasteiger charge is -2.34. The zero-order valence-electron chi connectivity index (χ0n) is 18.7. The third kappa shape index (κ3) is 7.70. The molecule has 0 aromatic heterocycles. The summed E-state index contributed by atoms with van der Waals surface area (Å²) >= 11 is 0. The van der Waals surface area contributed by atoms with Crippen LogP contribution < -0.4 is 10.6 Å². The van der Waals surface area contributed by atoms with E-state index in [9.17, 15) is 28.1 Å². The van der Waals surface area contributed by atoms with Gasteiger partial charge in [0.1, 0.15) is 5.69 Å². The molecule has 0 bridgehead atoms. The molecule has 3 rings (SSSR count). The van der Waals surface area contributed by atoms with Gasteiger partial charge in [-0.05, 0) is 24.1 Å². The van der Waals surface area contributed by atoms with Crippen LogP contribution in [0.15, 0.2) is 48.5 Å². The van der Waals surface area contributed by atoms with Crippen molar-refractivity contribution in [3.8, 4) is 0 Å². The van der Waals surface area contributed by atoms with Crippen LogP contribution in [0.25, 0.3) is 0 Å². The first-order valence-corrected chi connectivity index (χ1v) is 11.1. The van der Waals surface area contributed by atoms with Crippen LogP contribution in [0.5, 0.6) is 0 Å². The van der Waals surface area contributed by atoms with Crippen LogP contribution in [0.3, 0.4) is 0 Å². The lowest BCUT2D eigenvalue weighted by Crippen LogP contribution is -2.49. The molecule has 1 amide bonds. The van der Waals surface area contributed by atoms with Gasteiger partial charge in [0.25, 0.3) is 5.69 Å². The summed E-state index contributed by atoms with van der Waals surface area (Å²) in [7, 11) is 0. The number of benzene rings is 2. The maximum atomic E-state index is 12.8. The Hall–Kier alpha value is -3.18. The van der Waals surface area contributed by atoms with Crippen molar-refractivity contribution in [3.63, 3.8) is 0 Å². The molecule has 184 valence electrons. The van der Waals surface area contributed by atoms with Crippen LogP contribution in [-0.4, -0.2) is 66.4 Å². The van der Waals surface area contributed by atoms with Gasteiger partial charge in [0.15, 0.2) is 0 Å². The molecule has 1 aliphatic heterocycles. The van der Waals surface area contributed by atoms with E-state index < -0.39 is 22.4 Å². The molecule has 11 heteroatoms. The fourth-order valence-corrected chi connectivity index (χ4v) is 3.75. The number of alkyl halides is 3. The predicted molar refractivity (Wildman–Crippen MR) is 122 cm³/mol. The van der Waals surface area contributed by atoms with E-state index in [-0.39, 0.29) is 18.1 Å². The molecule has 0 saturated carbocycles. The Kier molecular flexibility index (Phi) is 8.83. The van der Waals surface area contributed by atoms with E-state index in [1.807, 2.05) is 18.2 Å². The molecule has 1 heterocycles. The topological polar surface area (TPSA) is 90.8 Å². The van der Waals surface area contributed by atoms with Crippen molar-refractivity contribution < 1.29 is 22.9 Å². The van der Waals surface area contributed by atoms with Crippen molar-refractivity contribution in [1.82, 2.24) is 15.1 Å². The van der Waals surface area contributed by atoms with Gasteiger partial charge in [-0.25, -0.2) is 0 Å². The Balaban J connectivity index is 1.33. The van der Waals surface area contributed by atoms with Gasteiger partial charge in [-0.1, -0.05) is 30.3 Å². The van der Waals surface area contributed by atoms with Gasteiger partial charge in [0.2, 0.25) is 5.91 Å². The molecule has 2 aromatic rings. The average Bonchev–Trinajstić information content (AvgIpc) is 2.80. The summed E-state index contributed by atoms with van der Waals surface area (Å²) in [6.45, 7) is 5.20. The number of nitro groups is 1. The number of rotatable bonds is 10. The number of nitrogens with zero attached hydrogens (tertiary/aromatic N) is 3. The normalized spacial score (nSPS) is 15.1. The van der Waals surface area contributed by atoms with E-state index >= 15 is 0 Å². The summed E-state index contributed by atoms with van der Waals surface area (Å²) < 4.78 is 38.3. The molecule has 1 saturated heterocycles. The van der Waals surface area contributed by atoms with Crippen molar-refractivity contribution in [3.05, 3.63) is 69.8 Å². The Labute approximate surface area is 195 Å². The molecule has 0 aliphatic carbocycles. The molecule has 1 fully saturated rings. The van der Waals surface area contributed by atoms with Crippen molar-refractivity contribution in [1.29, 1.82) is 0 Å². The fourth-order valence-electron chi connectivity index (χ4n) is 3.75. The third-order valence-corrected chi connectivity index (χ3v) is 5.59. The number of carbonyl (C=O) groups excluding carboxylic acids is 1. The van der Waals surface area contributed by atoms with Gasteiger partial charge in [0, 0.05) is 51.9 Å². The summed E-state index contributed by atoms with van der Waals surface area (Å²) in [5.41, 5.74) is -0.426. The maximum absolute atomic E-state index is 12.8. The fraction of sp³-hybridized carbons (Fsp3) is 0.435. The van der Waals surface area contributed by atoms with Gasteiger partial charge < -0.3 is 10.6 Å². The molecular weight excluding hydrogens is 451 g/mol. The zero-order chi connectivity index (χ0) is 24.6. The number of nitrogens with one attached hydrogen (secondary N) is 2. The molecule has 2 N–H and O–H groups in total. The Bertz CT molecular complexity index is 964. The SMILES string of the molecule is O=C(CN1CCN(Cc2ccccc2)CC1)NCCCNc1ccc(C(F)(F)F)cc1[N+](=O)[O-]. The monoisotopic (exact) mass is 479 g/mol. The van der Waals surface area contributed by atoms with Crippen LogP contribution in [0.1, 0.15) is 17.5 Å². The number of hydrogen-bond acceptors (Lipinski definition) is 6. The highest BCUT2D eigenvalue weighted by Gasteiger charge is 2.33. The minimum absolute atomic E-state index is 0.0118. The highest BCUT2D eigenvalue weighted by Crippen LogP contribution is 2.34. The first-order valence-electron chi connectivity index (χ1n) is 11.1. The lowest BCUT2D eigenvalue weighted by molar-refractivity contribution is -0.384. The second-order valence-corrected chi connectivity index (χ2v) is 8.15. The summed E-state index contributed by atoms with van der Waals surface area (Å²) in [5, 5.41) is 16.7. The molecule has 34 heavy (non-hydrogen) atoms. The molecule has 2 aromatic carbocycles. The number of carbonyl (C=O) groups is 1. The van der Waals surface area contributed by atoms with Crippen LogP contribution >= 0.6 is 0 Å². The van der Waals surface area contributed by atoms with Crippen LogP contribution in [0.2, 0.25) is 0 Å². The minimum Gasteiger partial charge on any atom is -0.379 e. The molecule has 0 unspecified atom stereocenters. The summed E-state index contributed by atoms with van der Waals surface area (Å²) in [6.07, 6.45) is -4.18. The quantitative estimate of drug-likeness (QED) is 0.309. The van der Waals surface area contributed by atoms with E-state index in [0.717, 1.165) is 44.9 Å². The zero-order valence-corrected chi connectivity index (χ0v) is 18.7. The van der Waals surface area contributed by atoms with Crippen LogP contribution in [0.4, 0.5) is 24.5 Å². The minimum atomic E-state index is -4.65. The predicted octanol–water partition coefficient (Wildman–Crippen LogP) is 3.35. The smallest absolute Gasteiger partial charge is 0.379 e. The van der Waals surface area contributed by atoms with E-state index in [4.69, 9.17) is 0 Å². The van der Waals surface area contributed by atoms with E-state index in [1.54, 1.807) is 0 Å². The highest BCUT2D eigenvalue weighted by atomic mass is 19.4. The van der Waals surface area contributed by atoms with Crippen LogP contribution in [0, 0.1) is 10.1 Å². The molecule has 0 radical (unpaired) electrons.